The van der Waals surface area contributed by atoms with E-state index in [1.165, 1.54) is 24.3 Å². The first-order chi connectivity index (χ1) is 9.10. The van der Waals surface area contributed by atoms with E-state index in [0.29, 0.717) is 5.69 Å². The van der Waals surface area contributed by atoms with E-state index in [-0.39, 0.29) is 23.1 Å². The SMILES string of the molecule is Cc1cc(C#N)nc(Oc2ccccc2[N+](=O)[O-])n1. The number of nitro groups is 1. The molecule has 2 aromatic rings. The maximum Gasteiger partial charge on any atom is 0.323 e. The molecule has 1 aromatic heterocycles. The van der Waals surface area contributed by atoms with Gasteiger partial charge in [0, 0.05) is 11.8 Å². The Morgan fingerprint density at radius 1 is 1.37 bits per heavy atom. The zero-order chi connectivity index (χ0) is 13.8. The number of nitrogens with zero attached hydrogens (tertiary/aromatic N) is 4. The maximum atomic E-state index is 10.8. The van der Waals surface area contributed by atoms with Crippen molar-refractivity contribution in [2.75, 3.05) is 0 Å². The third-order valence-corrected chi connectivity index (χ3v) is 2.21. The van der Waals surface area contributed by atoms with Crippen molar-refractivity contribution in [1.82, 2.24) is 9.97 Å². The van der Waals surface area contributed by atoms with Crippen LogP contribution in [-0.2, 0) is 0 Å². The molecule has 0 N–H and O–H groups in total. The van der Waals surface area contributed by atoms with Crippen LogP contribution in [0.15, 0.2) is 30.3 Å². The molecule has 1 aromatic carbocycles. The van der Waals surface area contributed by atoms with Crippen molar-refractivity contribution in [3.05, 3.63) is 51.8 Å². The molecule has 94 valence electrons. The van der Waals surface area contributed by atoms with E-state index in [0.717, 1.165) is 0 Å². The Hall–Kier alpha value is -3.01. The van der Waals surface area contributed by atoms with Crippen molar-refractivity contribution in [1.29, 1.82) is 5.26 Å². The molecule has 2 rings (SSSR count). The Bertz CT molecular complexity index is 679. The molecule has 7 heteroatoms. The molecular weight excluding hydrogens is 248 g/mol. The van der Waals surface area contributed by atoms with Gasteiger partial charge in [-0.1, -0.05) is 12.1 Å². The van der Waals surface area contributed by atoms with Crippen LogP contribution in [-0.4, -0.2) is 14.9 Å². The predicted octanol–water partition coefficient (Wildman–Crippen LogP) is 2.36. The topological polar surface area (TPSA) is 102 Å². The van der Waals surface area contributed by atoms with Crippen LogP contribution in [0.25, 0.3) is 0 Å². The summed E-state index contributed by atoms with van der Waals surface area (Å²) >= 11 is 0. The molecule has 0 aliphatic heterocycles. The van der Waals surface area contributed by atoms with Crippen molar-refractivity contribution in [3.63, 3.8) is 0 Å². The number of nitriles is 1. The lowest BCUT2D eigenvalue weighted by molar-refractivity contribution is -0.385. The van der Waals surface area contributed by atoms with Gasteiger partial charge in [0.1, 0.15) is 11.8 Å². The van der Waals surface area contributed by atoms with Crippen LogP contribution in [0.1, 0.15) is 11.4 Å². The molecule has 0 bridgehead atoms. The Labute approximate surface area is 108 Å². The summed E-state index contributed by atoms with van der Waals surface area (Å²) in [4.78, 5) is 18.1. The van der Waals surface area contributed by atoms with Gasteiger partial charge in [-0.05, 0) is 19.1 Å². The Morgan fingerprint density at radius 3 is 2.79 bits per heavy atom. The lowest BCUT2D eigenvalue weighted by Crippen LogP contribution is -1.98. The van der Waals surface area contributed by atoms with E-state index in [9.17, 15) is 10.1 Å². The number of benzene rings is 1. The average Bonchev–Trinajstić information content (AvgIpc) is 2.38. The van der Waals surface area contributed by atoms with Crippen LogP contribution in [0.5, 0.6) is 11.8 Å². The Morgan fingerprint density at radius 2 is 2.11 bits per heavy atom. The van der Waals surface area contributed by atoms with Gasteiger partial charge in [-0.15, -0.1) is 0 Å². The molecule has 0 saturated carbocycles. The molecule has 0 atom stereocenters. The standard InChI is InChI=1S/C12H8N4O3/c1-8-6-9(7-13)15-12(14-8)19-11-5-3-2-4-10(11)16(17)18/h2-6H,1H3. The van der Waals surface area contributed by atoms with Gasteiger partial charge in [-0.25, -0.2) is 4.98 Å². The van der Waals surface area contributed by atoms with E-state index in [1.807, 2.05) is 6.07 Å². The molecule has 1 heterocycles. The normalized spacial score (nSPS) is 9.68. The summed E-state index contributed by atoms with van der Waals surface area (Å²) in [6.07, 6.45) is 0. The van der Waals surface area contributed by atoms with Crippen molar-refractivity contribution >= 4 is 5.69 Å². The third-order valence-electron chi connectivity index (χ3n) is 2.21. The van der Waals surface area contributed by atoms with E-state index in [1.54, 1.807) is 13.0 Å². The van der Waals surface area contributed by atoms with E-state index in [4.69, 9.17) is 10.00 Å². The van der Waals surface area contributed by atoms with Crippen molar-refractivity contribution < 1.29 is 9.66 Å². The van der Waals surface area contributed by atoms with Crippen LogP contribution >= 0.6 is 0 Å². The number of rotatable bonds is 3. The van der Waals surface area contributed by atoms with Crippen LogP contribution < -0.4 is 4.74 Å². The molecule has 0 fully saturated rings. The second-order valence-corrected chi connectivity index (χ2v) is 3.62. The minimum absolute atomic E-state index is 0.0296. The number of aryl methyl sites for hydroxylation is 1. The number of hydrogen-bond donors (Lipinski definition) is 0. The first-order valence-electron chi connectivity index (χ1n) is 5.27. The maximum absolute atomic E-state index is 10.8. The van der Waals surface area contributed by atoms with Gasteiger partial charge in [0.15, 0.2) is 0 Å². The fourth-order valence-corrected chi connectivity index (χ4v) is 1.44. The van der Waals surface area contributed by atoms with Gasteiger partial charge in [-0.2, -0.15) is 10.2 Å². The smallest absolute Gasteiger partial charge is 0.323 e. The molecule has 0 spiro atoms. The number of ether oxygens (including phenoxy) is 1. The summed E-state index contributed by atoms with van der Waals surface area (Å²) < 4.78 is 5.28. The molecule has 7 nitrogen and oxygen atoms in total. The minimum Gasteiger partial charge on any atom is -0.417 e. The average molecular weight is 256 g/mol. The van der Waals surface area contributed by atoms with Gasteiger partial charge >= 0.3 is 11.7 Å². The van der Waals surface area contributed by atoms with Crippen LogP contribution in [0.2, 0.25) is 0 Å². The molecule has 0 unspecified atom stereocenters. The van der Waals surface area contributed by atoms with Gasteiger partial charge in [0.2, 0.25) is 5.75 Å². The van der Waals surface area contributed by atoms with E-state index >= 15 is 0 Å². The van der Waals surface area contributed by atoms with Gasteiger partial charge in [0.25, 0.3) is 0 Å². The second-order valence-electron chi connectivity index (χ2n) is 3.62. The molecular formula is C12H8N4O3. The molecule has 19 heavy (non-hydrogen) atoms. The second kappa shape index (κ2) is 5.10. The highest BCUT2D eigenvalue weighted by atomic mass is 16.6. The lowest BCUT2D eigenvalue weighted by Gasteiger charge is -2.05. The quantitative estimate of drug-likeness (QED) is 0.617. The van der Waals surface area contributed by atoms with Crippen LogP contribution in [0, 0.1) is 28.4 Å². The summed E-state index contributed by atoms with van der Waals surface area (Å²) in [7, 11) is 0. The number of nitro benzene ring substituents is 1. The Balaban J connectivity index is 2.39. The highest BCUT2D eigenvalue weighted by Crippen LogP contribution is 2.29. The molecule has 0 aliphatic carbocycles. The highest BCUT2D eigenvalue weighted by Gasteiger charge is 2.16. The first kappa shape index (κ1) is 12.4. The van der Waals surface area contributed by atoms with Crippen molar-refractivity contribution in [3.8, 4) is 17.8 Å². The predicted molar refractivity (Wildman–Crippen MR) is 64.7 cm³/mol. The zero-order valence-corrected chi connectivity index (χ0v) is 9.90. The summed E-state index contributed by atoms with van der Waals surface area (Å²) in [6, 6.07) is 9.15. The minimum atomic E-state index is -0.559. The summed E-state index contributed by atoms with van der Waals surface area (Å²) in [5, 5.41) is 19.6. The summed E-state index contributed by atoms with van der Waals surface area (Å²) in [5.74, 6) is 0.0296. The van der Waals surface area contributed by atoms with Crippen LogP contribution in [0.4, 0.5) is 5.69 Å². The fourth-order valence-electron chi connectivity index (χ4n) is 1.44. The lowest BCUT2D eigenvalue weighted by atomic mass is 10.3. The summed E-state index contributed by atoms with van der Waals surface area (Å²) in [6.45, 7) is 1.68. The van der Waals surface area contributed by atoms with Gasteiger partial charge in [0.05, 0.1) is 4.92 Å². The number of para-hydroxylation sites is 2. The van der Waals surface area contributed by atoms with Gasteiger partial charge in [-0.3, -0.25) is 10.1 Å². The largest absolute Gasteiger partial charge is 0.417 e. The molecule has 0 amide bonds. The number of aromatic nitrogens is 2. The third kappa shape index (κ3) is 2.81. The Kier molecular flexibility index (Phi) is 3.34. The number of hydrogen-bond acceptors (Lipinski definition) is 6. The van der Waals surface area contributed by atoms with E-state index in [2.05, 4.69) is 9.97 Å². The van der Waals surface area contributed by atoms with Crippen molar-refractivity contribution in [2.45, 2.75) is 6.92 Å². The molecule has 0 saturated heterocycles. The highest BCUT2D eigenvalue weighted by molar-refractivity contribution is 5.47. The fraction of sp³-hybridized carbons (Fsp3) is 0.0833. The molecule has 0 aliphatic rings. The summed E-state index contributed by atoms with van der Waals surface area (Å²) in [5.41, 5.74) is 0.493. The zero-order valence-electron chi connectivity index (χ0n) is 9.90. The van der Waals surface area contributed by atoms with Gasteiger partial charge < -0.3 is 4.74 Å². The molecule has 0 radical (unpaired) electrons. The van der Waals surface area contributed by atoms with Crippen LogP contribution in [0.3, 0.4) is 0 Å². The van der Waals surface area contributed by atoms with E-state index < -0.39 is 4.92 Å². The monoisotopic (exact) mass is 256 g/mol. The van der Waals surface area contributed by atoms with Crippen molar-refractivity contribution in [2.24, 2.45) is 0 Å². The first-order valence-corrected chi connectivity index (χ1v) is 5.27.